The van der Waals surface area contributed by atoms with Gasteiger partial charge in [0.25, 0.3) is 0 Å². The van der Waals surface area contributed by atoms with E-state index in [0.29, 0.717) is 23.3 Å². The van der Waals surface area contributed by atoms with Crippen molar-refractivity contribution in [3.05, 3.63) is 59.4 Å². The lowest BCUT2D eigenvalue weighted by atomic mass is 10.2. The first-order valence-electron chi connectivity index (χ1n) is 8.92. The number of hydrogen-bond acceptors (Lipinski definition) is 6. The quantitative estimate of drug-likeness (QED) is 0.668. The van der Waals surface area contributed by atoms with Crippen LogP contribution in [0.25, 0.3) is 11.4 Å². The third-order valence-corrected chi connectivity index (χ3v) is 4.94. The van der Waals surface area contributed by atoms with Crippen molar-refractivity contribution in [1.29, 1.82) is 0 Å². The Morgan fingerprint density at radius 1 is 1.07 bits per heavy atom. The standard InChI is InChI=1S/C20H21ClN4O2/c1-26-18-8-3-2-7-17(18)25-11-9-24(10-12-25)14-19-22-20(23-27-19)15-5-4-6-16(21)13-15/h2-8,13H,9-12,14H2,1H3. The number of methoxy groups -OCH3 is 1. The summed E-state index contributed by atoms with van der Waals surface area (Å²) < 4.78 is 10.9. The van der Waals surface area contributed by atoms with E-state index in [2.05, 4.69) is 26.0 Å². The zero-order valence-electron chi connectivity index (χ0n) is 15.1. The molecule has 6 nitrogen and oxygen atoms in total. The summed E-state index contributed by atoms with van der Waals surface area (Å²) in [4.78, 5) is 9.18. The highest BCUT2D eigenvalue weighted by Crippen LogP contribution is 2.28. The molecule has 2 heterocycles. The number of piperazine rings is 1. The summed E-state index contributed by atoms with van der Waals surface area (Å²) in [6.45, 7) is 4.35. The molecule has 0 amide bonds. The molecule has 0 N–H and O–H groups in total. The van der Waals surface area contributed by atoms with Crippen LogP contribution in [0.1, 0.15) is 5.89 Å². The van der Waals surface area contributed by atoms with Gasteiger partial charge in [-0.15, -0.1) is 0 Å². The Kier molecular flexibility index (Phi) is 5.27. The number of nitrogens with zero attached hydrogens (tertiary/aromatic N) is 4. The van der Waals surface area contributed by atoms with Gasteiger partial charge < -0.3 is 14.2 Å². The van der Waals surface area contributed by atoms with E-state index in [1.807, 2.05) is 42.5 Å². The first-order valence-corrected chi connectivity index (χ1v) is 9.29. The fraction of sp³-hybridized carbons (Fsp3) is 0.300. The van der Waals surface area contributed by atoms with Crippen LogP contribution < -0.4 is 9.64 Å². The second-order valence-corrected chi connectivity index (χ2v) is 6.89. The van der Waals surface area contributed by atoms with Crippen molar-refractivity contribution < 1.29 is 9.26 Å². The molecule has 1 fully saturated rings. The maximum absolute atomic E-state index is 6.03. The molecular formula is C20H21ClN4O2. The van der Waals surface area contributed by atoms with Crippen LogP contribution in [0.4, 0.5) is 5.69 Å². The molecular weight excluding hydrogens is 364 g/mol. The van der Waals surface area contributed by atoms with Gasteiger partial charge in [0, 0.05) is 36.8 Å². The zero-order valence-corrected chi connectivity index (χ0v) is 15.9. The highest BCUT2D eigenvalue weighted by molar-refractivity contribution is 6.30. The minimum Gasteiger partial charge on any atom is -0.495 e. The molecule has 2 aromatic carbocycles. The molecule has 0 saturated carbocycles. The summed E-state index contributed by atoms with van der Waals surface area (Å²) in [5.41, 5.74) is 2.00. The van der Waals surface area contributed by atoms with Gasteiger partial charge in [-0.05, 0) is 24.3 Å². The molecule has 0 spiro atoms. The Morgan fingerprint density at radius 2 is 1.89 bits per heavy atom. The number of anilines is 1. The average molecular weight is 385 g/mol. The van der Waals surface area contributed by atoms with Crippen molar-refractivity contribution in [1.82, 2.24) is 15.0 Å². The van der Waals surface area contributed by atoms with E-state index in [1.54, 1.807) is 7.11 Å². The van der Waals surface area contributed by atoms with Crippen LogP contribution in [-0.2, 0) is 6.54 Å². The number of halogens is 1. The van der Waals surface area contributed by atoms with Crippen molar-refractivity contribution in [2.75, 3.05) is 38.2 Å². The van der Waals surface area contributed by atoms with Gasteiger partial charge in [0.05, 0.1) is 19.3 Å². The maximum Gasteiger partial charge on any atom is 0.241 e. The number of para-hydroxylation sites is 2. The largest absolute Gasteiger partial charge is 0.495 e. The molecule has 1 aromatic heterocycles. The smallest absolute Gasteiger partial charge is 0.241 e. The van der Waals surface area contributed by atoms with Crippen LogP contribution >= 0.6 is 11.6 Å². The van der Waals surface area contributed by atoms with Gasteiger partial charge in [-0.25, -0.2) is 0 Å². The van der Waals surface area contributed by atoms with E-state index in [0.717, 1.165) is 43.2 Å². The third kappa shape index (κ3) is 4.07. The van der Waals surface area contributed by atoms with Crippen LogP contribution in [-0.4, -0.2) is 48.3 Å². The molecule has 4 rings (SSSR count). The summed E-state index contributed by atoms with van der Waals surface area (Å²) in [5, 5.41) is 4.74. The molecule has 1 aliphatic heterocycles. The number of rotatable bonds is 5. The Hall–Kier alpha value is -2.57. The predicted octanol–water partition coefficient (Wildman–Crippen LogP) is 3.72. The second kappa shape index (κ2) is 7.98. The Bertz CT molecular complexity index is 906. The Labute approximate surface area is 163 Å². The number of hydrogen-bond donors (Lipinski definition) is 0. The summed E-state index contributed by atoms with van der Waals surface area (Å²) in [7, 11) is 1.71. The molecule has 27 heavy (non-hydrogen) atoms. The number of aromatic nitrogens is 2. The molecule has 7 heteroatoms. The normalized spacial score (nSPS) is 15.1. The first-order chi connectivity index (χ1) is 13.2. The molecule has 1 aliphatic rings. The van der Waals surface area contributed by atoms with E-state index in [-0.39, 0.29) is 0 Å². The van der Waals surface area contributed by atoms with Crippen LogP contribution in [0.15, 0.2) is 53.1 Å². The highest BCUT2D eigenvalue weighted by Gasteiger charge is 2.21. The molecule has 0 unspecified atom stereocenters. The van der Waals surface area contributed by atoms with Crippen molar-refractivity contribution >= 4 is 17.3 Å². The predicted molar refractivity (Wildman–Crippen MR) is 105 cm³/mol. The zero-order chi connectivity index (χ0) is 18.6. The van der Waals surface area contributed by atoms with Gasteiger partial charge in [0.1, 0.15) is 5.75 Å². The summed E-state index contributed by atoms with van der Waals surface area (Å²) >= 11 is 6.03. The average Bonchev–Trinajstić information content (AvgIpc) is 3.17. The van der Waals surface area contributed by atoms with Gasteiger partial charge in [0.2, 0.25) is 11.7 Å². The maximum atomic E-state index is 6.03. The number of ether oxygens (including phenoxy) is 1. The van der Waals surface area contributed by atoms with Crippen LogP contribution in [0, 0.1) is 0 Å². The lowest BCUT2D eigenvalue weighted by Crippen LogP contribution is -2.46. The van der Waals surface area contributed by atoms with Gasteiger partial charge in [0.15, 0.2) is 0 Å². The van der Waals surface area contributed by atoms with Crippen molar-refractivity contribution in [2.45, 2.75) is 6.54 Å². The molecule has 0 atom stereocenters. The highest BCUT2D eigenvalue weighted by atomic mass is 35.5. The number of benzene rings is 2. The second-order valence-electron chi connectivity index (χ2n) is 6.46. The Morgan fingerprint density at radius 3 is 2.67 bits per heavy atom. The van der Waals surface area contributed by atoms with Gasteiger partial charge >= 0.3 is 0 Å². The van der Waals surface area contributed by atoms with Crippen LogP contribution in [0.2, 0.25) is 5.02 Å². The molecule has 0 aliphatic carbocycles. The van der Waals surface area contributed by atoms with Crippen LogP contribution in [0.3, 0.4) is 0 Å². The SMILES string of the molecule is COc1ccccc1N1CCN(Cc2nc(-c3cccc(Cl)c3)no2)CC1. The third-order valence-electron chi connectivity index (χ3n) is 4.71. The first kappa shape index (κ1) is 17.8. The van der Waals surface area contributed by atoms with E-state index < -0.39 is 0 Å². The van der Waals surface area contributed by atoms with E-state index in [9.17, 15) is 0 Å². The summed E-state index contributed by atoms with van der Waals surface area (Å²) in [6, 6.07) is 15.6. The molecule has 0 radical (unpaired) electrons. The fourth-order valence-electron chi connectivity index (χ4n) is 3.29. The van der Waals surface area contributed by atoms with E-state index in [4.69, 9.17) is 20.9 Å². The molecule has 140 valence electrons. The van der Waals surface area contributed by atoms with Crippen molar-refractivity contribution in [2.24, 2.45) is 0 Å². The van der Waals surface area contributed by atoms with E-state index >= 15 is 0 Å². The monoisotopic (exact) mass is 384 g/mol. The van der Waals surface area contributed by atoms with Gasteiger partial charge in [-0.2, -0.15) is 4.98 Å². The minimum atomic E-state index is 0.570. The van der Waals surface area contributed by atoms with Gasteiger partial charge in [-0.3, -0.25) is 4.90 Å². The minimum absolute atomic E-state index is 0.570. The summed E-state index contributed by atoms with van der Waals surface area (Å²) in [5.74, 6) is 2.10. The Balaban J connectivity index is 1.37. The lowest BCUT2D eigenvalue weighted by molar-refractivity contribution is 0.215. The molecule has 3 aromatic rings. The van der Waals surface area contributed by atoms with Gasteiger partial charge in [-0.1, -0.05) is 41.0 Å². The van der Waals surface area contributed by atoms with Crippen LogP contribution in [0.5, 0.6) is 5.75 Å². The lowest BCUT2D eigenvalue weighted by Gasteiger charge is -2.35. The topological polar surface area (TPSA) is 54.6 Å². The van der Waals surface area contributed by atoms with Crippen molar-refractivity contribution in [3.63, 3.8) is 0 Å². The fourth-order valence-corrected chi connectivity index (χ4v) is 3.48. The van der Waals surface area contributed by atoms with E-state index in [1.165, 1.54) is 0 Å². The van der Waals surface area contributed by atoms with Crippen molar-refractivity contribution in [3.8, 4) is 17.1 Å². The molecule has 1 saturated heterocycles. The molecule has 0 bridgehead atoms. The summed E-state index contributed by atoms with van der Waals surface area (Å²) in [6.07, 6.45) is 0.